The molecule has 0 aliphatic heterocycles. The van der Waals surface area contributed by atoms with E-state index in [9.17, 15) is 13.2 Å². The molecule has 1 atom stereocenters. The highest BCUT2D eigenvalue weighted by atomic mass is 32.1. The Bertz CT molecular complexity index is 654. The molecule has 0 aliphatic rings. The summed E-state index contributed by atoms with van der Waals surface area (Å²) >= 11 is 5.21. The van der Waals surface area contributed by atoms with Crippen molar-refractivity contribution in [2.45, 2.75) is 32.0 Å². The third-order valence-electron chi connectivity index (χ3n) is 3.56. The van der Waals surface area contributed by atoms with E-state index in [1.165, 1.54) is 17.7 Å². The average molecular weight is 352 g/mol. The zero-order valence-electron chi connectivity index (χ0n) is 13.2. The van der Waals surface area contributed by atoms with Gasteiger partial charge in [0.2, 0.25) is 0 Å². The highest BCUT2D eigenvalue weighted by molar-refractivity contribution is 7.80. The molecule has 0 spiro atoms. The third kappa shape index (κ3) is 5.85. The summed E-state index contributed by atoms with van der Waals surface area (Å²) in [5.74, 6) is 0. The van der Waals surface area contributed by atoms with Crippen LogP contribution < -0.4 is 10.6 Å². The maximum absolute atomic E-state index is 12.5. The van der Waals surface area contributed by atoms with Gasteiger partial charge >= 0.3 is 6.18 Å². The van der Waals surface area contributed by atoms with E-state index in [-0.39, 0.29) is 6.04 Å². The van der Waals surface area contributed by atoms with Gasteiger partial charge in [-0.15, -0.1) is 0 Å². The first kappa shape index (κ1) is 18.3. The molecule has 1 unspecified atom stereocenters. The Hall–Kier alpha value is -2.08. The topological polar surface area (TPSA) is 24.1 Å². The summed E-state index contributed by atoms with van der Waals surface area (Å²) in [7, 11) is 0. The maximum atomic E-state index is 12.5. The van der Waals surface area contributed by atoms with Gasteiger partial charge in [-0.05, 0) is 61.8 Å². The standard InChI is InChI=1S/C18H19F3N2S/c1-13(7-8-14-5-3-2-4-6-14)22-17(24)23-16-11-9-15(10-12-16)18(19,20)21/h2-6,9-13H,7-8H2,1H3,(H2,22,23,24). The predicted octanol–water partition coefficient (Wildman–Crippen LogP) is 5.01. The molecule has 0 radical (unpaired) electrons. The Morgan fingerprint density at radius 2 is 1.67 bits per heavy atom. The molecule has 128 valence electrons. The molecule has 6 heteroatoms. The number of rotatable bonds is 5. The Balaban J connectivity index is 1.80. The fourth-order valence-corrected chi connectivity index (χ4v) is 2.55. The lowest BCUT2D eigenvalue weighted by Crippen LogP contribution is -2.36. The highest BCUT2D eigenvalue weighted by Crippen LogP contribution is 2.29. The third-order valence-corrected chi connectivity index (χ3v) is 3.78. The van der Waals surface area contributed by atoms with E-state index in [1.807, 2.05) is 25.1 Å². The first-order valence-electron chi connectivity index (χ1n) is 7.63. The first-order valence-corrected chi connectivity index (χ1v) is 8.04. The molecular formula is C18H19F3N2S. The highest BCUT2D eigenvalue weighted by Gasteiger charge is 2.29. The van der Waals surface area contributed by atoms with Gasteiger partial charge in [-0.2, -0.15) is 13.2 Å². The smallest absolute Gasteiger partial charge is 0.360 e. The molecule has 2 aromatic rings. The SMILES string of the molecule is CC(CCc1ccccc1)NC(=S)Nc1ccc(C(F)(F)F)cc1. The van der Waals surface area contributed by atoms with Gasteiger partial charge in [0.1, 0.15) is 0 Å². The monoisotopic (exact) mass is 352 g/mol. The minimum Gasteiger partial charge on any atom is -0.360 e. The number of alkyl halides is 3. The molecule has 0 saturated carbocycles. The van der Waals surface area contributed by atoms with Crippen molar-refractivity contribution >= 4 is 23.0 Å². The lowest BCUT2D eigenvalue weighted by Gasteiger charge is -2.17. The molecule has 0 bridgehead atoms. The second-order valence-corrected chi connectivity index (χ2v) is 6.01. The van der Waals surface area contributed by atoms with Crippen molar-refractivity contribution in [1.82, 2.24) is 5.32 Å². The normalized spacial score (nSPS) is 12.5. The number of thiocarbonyl (C=S) groups is 1. The summed E-state index contributed by atoms with van der Waals surface area (Å²) in [6, 6.07) is 15.1. The molecule has 2 N–H and O–H groups in total. The van der Waals surface area contributed by atoms with Gasteiger partial charge in [0.15, 0.2) is 5.11 Å². The number of aryl methyl sites for hydroxylation is 1. The van der Waals surface area contributed by atoms with E-state index in [0.29, 0.717) is 10.8 Å². The largest absolute Gasteiger partial charge is 0.416 e. The van der Waals surface area contributed by atoms with Crippen molar-refractivity contribution in [3.63, 3.8) is 0 Å². The number of halogens is 3. The minimum atomic E-state index is -4.33. The van der Waals surface area contributed by atoms with Crippen LogP contribution in [0.3, 0.4) is 0 Å². The number of hydrogen-bond donors (Lipinski definition) is 2. The van der Waals surface area contributed by atoms with Gasteiger partial charge in [-0.25, -0.2) is 0 Å². The summed E-state index contributed by atoms with van der Waals surface area (Å²) in [6.45, 7) is 2.02. The molecule has 0 aliphatic carbocycles. The van der Waals surface area contributed by atoms with Crippen molar-refractivity contribution in [1.29, 1.82) is 0 Å². The van der Waals surface area contributed by atoms with E-state index < -0.39 is 11.7 Å². The molecular weight excluding hydrogens is 333 g/mol. The number of nitrogens with one attached hydrogen (secondary N) is 2. The molecule has 0 aromatic heterocycles. The molecule has 2 rings (SSSR count). The van der Waals surface area contributed by atoms with Gasteiger partial charge in [-0.3, -0.25) is 0 Å². The van der Waals surface area contributed by atoms with Crippen molar-refractivity contribution < 1.29 is 13.2 Å². The molecule has 2 aromatic carbocycles. The summed E-state index contributed by atoms with van der Waals surface area (Å²) in [4.78, 5) is 0. The Morgan fingerprint density at radius 3 is 2.25 bits per heavy atom. The zero-order chi connectivity index (χ0) is 17.6. The summed E-state index contributed by atoms with van der Waals surface area (Å²) in [5.41, 5.74) is 1.10. The van der Waals surface area contributed by atoms with E-state index >= 15 is 0 Å². The predicted molar refractivity (Wildman–Crippen MR) is 95.0 cm³/mol. The van der Waals surface area contributed by atoms with Crippen LogP contribution in [0.15, 0.2) is 54.6 Å². The van der Waals surface area contributed by atoms with Crippen LogP contribution >= 0.6 is 12.2 Å². The fourth-order valence-electron chi connectivity index (χ4n) is 2.23. The Morgan fingerprint density at radius 1 is 1.04 bits per heavy atom. The second kappa shape index (κ2) is 8.15. The number of benzene rings is 2. The Kier molecular flexibility index (Phi) is 6.20. The number of hydrogen-bond acceptors (Lipinski definition) is 1. The van der Waals surface area contributed by atoms with E-state index in [2.05, 4.69) is 22.8 Å². The van der Waals surface area contributed by atoms with Crippen LogP contribution in [0.2, 0.25) is 0 Å². The molecule has 0 fully saturated rings. The lowest BCUT2D eigenvalue weighted by atomic mass is 10.1. The summed E-state index contributed by atoms with van der Waals surface area (Å²) in [5, 5.41) is 6.44. The van der Waals surface area contributed by atoms with Crippen LogP contribution in [0.5, 0.6) is 0 Å². The van der Waals surface area contributed by atoms with E-state index in [4.69, 9.17) is 12.2 Å². The van der Waals surface area contributed by atoms with Gasteiger partial charge in [0, 0.05) is 11.7 Å². The molecule has 2 nitrogen and oxygen atoms in total. The second-order valence-electron chi connectivity index (χ2n) is 5.60. The lowest BCUT2D eigenvalue weighted by molar-refractivity contribution is -0.137. The molecule has 24 heavy (non-hydrogen) atoms. The van der Waals surface area contributed by atoms with Crippen molar-refractivity contribution in [3.8, 4) is 0 Å². The fraction of sp³-hybridized carbons (Fsp3) is 0.278. The van der Waals surface area contributed by atoms with Crippen LogP contribution in [-0.4, -0.2) is 11.2 Å². The van der Waals surface area contributed by atoms with Crippen LogP contribution in [0.4, 0.5) is 18.9 Å². The maximum Gasteiger partial charge on any atom is 0.416 e. The van der Waals surface area contributed by atoms with E-state index in [0.717, 1.165) is 25.0 Å². The van der Waals surface area contributed by atoms with Crippen LogP contribution in [0.25, 0.3) is 0 Å². The molecule has 0 heterocycles. The van der Waals surface area contributed by atoms with Gasteiger partial charge in [-0.1, -0.05) is 30.3 Å². The van der Waals surface area contributed by atoms with Gasteiger partial charge in [0.25, 0.3) is 0 Å². The van der Waals surface area contributed by atoms with Crippen molar-refractivity contribution in [3.05, 3.63) is 65.7 Å². The number of anilines is 1. The van der Waals surface area contributed by atoms with Gasteiger partial charge in [0.05, 0.1) is 5.56 Å². The zero-order valence-corrected chi connectivity index (χ0v) is 14.0. The summed E-state index contributed by atoms with van der Waals surface area (Å²) < 4.78 is 37.6. The quantitative estimate of drug-likeness (QED) is 0.740. The van der Waals surface area contributed by atoms with Crippen molar-refractivity contribution in [2.24, 2.45) is 0 Å². The molecule has 0 saturated heterocycles. The van der Waals surface area contributed by atoms with Crippen LogP contribution in [-0.2, 0) is 12.6 Å². The van der Waals surface area contributed by atoms with Crippen molar-refractivity contribution in [2.75, 3.05) is 5.32 Å². The van der Waals surface area contributed by atoms with Crippen LogP contribution in [0.1, 0.15) is 24.5 Å². The average Bonchev–Trinajstić information content (AvgIpc) is 2.53. The van der Waals surface area contributed by atoms with E-state index in [1.54, 1.807) is 0 Å². The first-order chi connectivity index (χ1) is 11.3. The molecule has 0 amide bonds. The van der Waals surface area contributed by atoms with Crippen LogP contribution in [0, 0.1) is 0 Å². The Labute approximate surface area is 145 Å². The summed E-state index contributed by atoms with van der Waals surface area (Å²) in [6.07, 6.45) is -2.50. The minimum absolute atomic E-state index is 0.152. The van der Waals surface area contributed by atoms with Gasteiger partial charge < -0.3 is 10.6 Å².